The van der Waals surface area contributed by atoms with Crippen molar-refractivity contribution in [3.05, 3.63) is 83.3 Å². The zero-order chi connectivity index (χ0) is 32.3. The molecule has 1 unspecified atom stereocenters. The molecule has 4 aliphatic rings. The fourth-order valence-electron chi connectivity index (χ4n) is 7.67. The topological polar surface area (TPSA) is 112 Å². The summed E-state index contributed by atoms with van der Waals surface area (Å²) < 4.78 is 20.8. The van der Waals surface area contributed by atoms with Gasteiger partial charge in [0.1, 0.15) is 11.9 Å². The van der Waals surface area contributed by atoms with Crippen molar-refractivity contribution in [3.8, 4) is 22.3 Å². The summed E-state index contributed by atoms with van der Waals surface area (Å²) in [6.07, 6.45) is 5.98. The van der Waals surface area contributed by atoms with Gasteiger partial charge in [0.25, 0.3) is 5.91 Å². The molecule has 3 N–H and O–H groups in total. The lowest BCUT2D eigenvalue weighted by atomic mass is 9.77. The van der Waals surface area contributed by atoms with Crippen LogP contribution in [0.5, 0.6) is 0 Å². The number of fused-ring (bicyclic) bond motifs is 3. The normalized spacial score (nSPS) is 22.9. The molecule has 2 aliphatic heterocycles. The number of alkyl halides is 1. The van der Waals surface area contributed by atoms with Crippen LogP contribution in [0.25, 0.3) is 22.3 Å². The molecule has 0 radical (unpaired) electrons. The van der Waals surface area contributed by atoms with E-state index in [0.29, 0.717) is 18.2 Å². The van der Waals surface area contributed by atoms with Crippen LogP contribution in [0, 0.1) is 13.8 Å². The second-order valence-corrected chi connectivity index (χ2v) is 13.6. The Bertz CT molecular complexity index is 1830. The van der Waals surface area contributed by atoms with Crippen molar-refractivity contribution in [2.75, 3.05) is 23.4 Å². The van der Waals surface area contributed by atoms with Crippen molar-refractivity contribution in [1.29, 1.82) is 0 Å². The molecule has 8 rings (SSSR count). The molecule has 4 atom stereocenters. The van der Waals surface area contributed by atoms with Crippen molar-refractivity contribution in [3.63, 3.8) is 0 Å². The summed E-state index contributed by atoms with van der Waals surface area (Å²) >= 11 is 0. The molecule has 10 heteroatoms. The van der Waals surface area contributed by atoms with Crippen LogP contribution in [-0.4, -0.2) is 64.0 Å². The molecular weight excluding hydrogens is 595 g/mol. The summed E-state index contributed by atoms with van der Waals surface area (Å²) in [6, 6.07) is 17.6. The van der Waals surface area contributed by atoms with E-state index in [1.54, 1.807) is 0 Å². The van der Waals surface area contributed by atoms with Crippen LogP contribution in [0.2, 0.25) is 0 Å². The number of amides is 2. The molecule has 1 saturated carbocycles. The Hall–Kier alpha value is -4.57. The maximum Gasteiger partial charge on any atom is 0.258 e. The fraction of sp³-hybridized carbons (Fsp3) is 0.405. The van der Waals surface area contributed by atoms with Crippen molar-refractivity contribution in [2.24, 2.45) is 0 Å². The molecule has 3 fully saturated rings. The highest BCUT2D eigenvalue weighted by molar-refractivity contribution is 6.00. The van der Waals surface area contributed by atoms with E-state index in [1.165, 1.54) is 0 Å². The van der Waals surface area contributed by atoms with Gasteiger partial charge < -0.3 is 20.3 Å². The quantitative estimate of drug-likeness (QED) is 0.227. The van der Waals surface area contributed by atoms with Crippen LogP contribution >= 0.6 is 0 Å². The lowest BCUT2D eigenvalue weighted by Crippen LogP contribution is -2.51. The molecule has 2 amide bonds. The maximum absolute atomic E-state index is 15.0. The van der Waals surface area contributed by atoms with Crippen LogP contribution in [0.4, 0.5) is 15.9 Å². The van der Waals surface area contributed by atoms with E-state index in [2.05, 4.69) is 55.0 Å². The Balaban J connectivity index is 1.08. The van der Waals surface area contributed by atoms with Crippen molar-refractivity contribution in [2.45, 2.75) is 82.1 Å². The van der Waals surface area contributed by atoms with E-state index in [4.69, 9.17) is 4.74 Å². The van der Waals surface area contributed by atoms with Gasteiger partial charge in [0.05, 0.1) is 24.4 Å². The van der Waals surface area contributed by atoms with Crippen molar-refractivity contribution < 1.29 is 18.7 Å². The van der Waals surface area contributed by atoms with Gasteiger partial charge in [0.15, 0.2) is 5.67 Å². The van der Waals surface area contributed by atoms with Crippen LogP contribution in [-0.2, 0) is 20.7 Å². The number of nitrogens with one attached hydrogen (secondary N) is 3. The number of aryl methyl sites for hydroxylation is 3. The number of nitrogens with zero attached hydrogens (tertiary/aromatic N) is 3. The van der Waals surface area contributed by atoms with Gasteiger partial charge >= 0.3 is 0 Å². The second-order valence-electron chi connectivity index (χ2n) is 13.6. The Morgan fingerprint density at radius 1 is 1.06 bits per heavy atom. The van der Waals surface area contributed by atoms with E-state index in [-0.39, 0.29) is 30.8 Å². The molecule has 2 aromatic heterocycles. The van der Waals surface area contributed by atoms with Crippen molar-refractivity contribution in [1.82, 2.24) is 20.5 Å². The number of rotatable bonds is 8. The monoisotopic (exact) mass is 634 g/mol. The van der Waals surface area contributed by atoms with Gasteiger partial charge in [-0.25, -0.2) is 9.37 Å². The largest absolute Gasteiger partial charge is 0.374 e. The molecule has 2 aromatic carbocycles. The summed E-state index contributed by atoms with van der Waals surface area (Å²) in [7, 11) is 0. The summed E-state index contributed by atoms with van der Waals surface area (Å²) in [5.74, 6) is -0.427. The number of carbonyl (C=O) groups is 2. The standard InChI is InChI=1S/C37H39FN6O3/c1-21-33(22(2)43-42-21)24-8-10-27(11-9-24)40-35(45)34(41-36(46)37(38)13-14-37)30-5-3-4-23-6-7-25(16-31(23)30)26-12-15-39-32(17-26)44-19-29-18-28(44)20-47-29/h6-12,15-17,28-30,34H,3-5,13-14,18-20H2,1-2H3,(H,40,45)(H,41,46)(H,42,43)/t28-,29-,30+,34?/m0/s1. The van der Waals surface area contributed by atoms with Crippen LogP contribution in [0.15, 0.2) is 60.8 Å². The number of hydrogen-bond acceptors (Lipinski definition) is 6. The van der Waals surface area contributed by atoms with Gasteiger partial charge in [0, 0.05) is 35.6 Å². The number of aromatic nitrogens is 3. The minimum atomic E-state index is -1.90. The first-order valence-electron chi connectivity index (χ1n) is 16.7. The first-order valence-corrected chi connectivity index (χ1v) is 16.7. The number of hydrogen-bond donors (Lipinski definition) is 3. The number of carbonyl (C=O) groups excluding carboxylic acids is 2. The zero-order valence-electron chi connectivity index (χ0n) is 26.7. The predicted octanol–water partition coefficient (Wildman–Crippen LogP) is 5.78. The molecule has 2 bridgehead atoms. The smallest absolute Gasteiger partial charge is 0.258 e. The average molecular weight is 635 g/mol. The minimum absolute atomic E-state index is 0.183. The number of anilines is 2. The number of morpholine rings is 1. The van der Waals surface area contributed by atoms with E-state index in [0.717, 1.165) is 83.0 Å². The van der Waals surface area contributed by atoms with Gasteiger partial charge in [-0.2, -0.15) is 5.10 Å². The molecule has 4 heterocycles. The summed E-state index contributed by atoms with van der Waals surface area (Å²) in [6.45, 7) is 5.52. The summed E-state index contributed by atoms with van der Waals surface area (Å²) in [4.78, 5) is 34.2. The van der Waals surface area contributed by atoms with E-state index in [9.17, 15) is 14.0 Å². The number of ether oxygens (including phenoxy) is 1. The first kappa shape index (κ1) is 29.8. The molecule has 4 aromatic rings. The molecule has 9 nitrogen and oxygen atoms in total. The molecule has 0 spiro atoms. The number of aromatic amines is 1. The lowest BCUT2D eigenvalue weighted by molar-refractivity contribution is -0.131. The van der Waals surface area contributed by atoms with Gasteiger partial charge in [-0.3, -0.25) is 14.7 Å². The highest BCUT2D eigenvalue weighted by Crippen LogP contribution is 2.42. The third kappa shape index (κ3) is 5.58. The number of benzene rings is 2. The van der Waals surface area contributed by atoms with Crippen LogP contribution in [0.1, 0.15) is 60.5 Å². The fourth-order valence-corrected chi connectivity index (χ4v) is 7.67. The molecule has 47 heavy (non-hydrogen) atoms. The summed E-state index contributed by atoms with van der Waals surface area (Å²) in [5.41, 5.74) is 6.84. The Kier molecular flexibility index (Phi) is 7.35. The third-order valence-corrected chi connectivity index (χ3v) is 10.4. The number of pyridine rings is 1. The zero-order valence-corrected chi connectivity index (χ0v) is 26.7. The predicted molar refractivity (Wildman–Crippen MR) is 178 cm³/mol. The van der Waals surface area contributed by atoms with Gasteiger partial charge in [-0.05, 0) is 104 Å². The maximum atomic E-state index is 15.0. The molecule has 2 saturated heterocycles. The molecule has 242 valence electrons. The molecule has 2 aliphatic carbocycles. The Morgan fingerprint density at radius 3 is 2.55 bits per heavy atom. The Morgan fingerprint density at radius 2 is 1.85 bits per heavy atom. The number of H-pyrrole nitrogens is 1. The van der Waals surface area contributed by atoms with Crippen LogP contribution < -0.4 is 15.5 Å². The van der Waals surface area contributed by atoms with Gasteiger partial charge in [0.2, 0.25) is 5.91 Å². The molecular formula is C37H39FN6O3. The third-order valence-electron chi connectivity index (χ3n) is 10.4. The first-order chi connectivity index (χ1) is 22.8. The van der Waals surface area contributed by atoms with E-state index in [1.807, 2.05) is 50.4 Å². The van der Waals surface area contributed by atoms with E-state index >= 15 is 0 Å². The van der Waals surface area contributed by atoms with E-state index < -0.39 is 17.6 Å². The number of halogens is 1. The minimum Gasteiger partial charge on any atom is -0.374 e. The van der Waals surface area contributed by atoms with Gasteiger partial charge in [-0.1, -0.05) is 30.3 Å². The Labute approximate surface area is 273 Å². The van der Waals surface area contributed by atoms with Crippen molar-refractivity contribution >= 4 is 23.3 Å². The van der Waals surface area contributed by atoms with Crippen LogP contribution in [0.3, 0.4) is 0 Å². The highest BCUT2D eigenvalue weighted by Gasteiger charge is 2.52. The highest BCUT2D eigenvalue weighted by atomic mass is 19.1. The van der Waals surface area contributed by atoms with Gasteiger partial charge in [-0.15, -0.1) is 0 Å². The average Bonchev–Trinajstić information content (AvgIpc) is 3.37. The lowest BCUT2D eigenvalue weighted by Gasteiger charge is -2.33. The second kappa shape index (κ2) is 11.6. The SMILES string of the molecule is Cc1n[nH]c(C)c1-c1ccc(NC(=O)C(NC(=O)C2(F)CC2)[C@@H]2CCCc3ccc(-c4ccnc(N5C[C@@H]6C[C@H]5CO6)c4)cc32)cc1. The summed E-state index contributed by atoms with van der Waals surface area (Å²) in [5, 5.41) is 13.2.